The minimum atomic E-state index is -0.330. The van der Waals surface area contributed by atoms with Crippen molar-refractivity contribution in [2.45, 2.75) is 44.4 Å². The smallest absolute Gasteiger partial charge is 0.248 e. The number of carbonyl (C=O) groups excluding carboxylic acids is 2. The summed E-state index contributed by atoms with van der Waals surface area (Å²) in [6.45, 7) is 2.61. The normalized spacial score (nSPS) is 14.9. The number of likely N-dealkylation sites (N-methyl/N-ethyl adjacent to an activating group) is 1. The van der Waals surface area contributed by atoms with E-state index >= 15 is 0 Å². The molecule has 0 saturated heterocycles. The molecule has 7 heteroatoms. The molecular weight excluding hydrogens is 450 g/mol. The van der Waals surface area contributed by atoms with Crippen molar-refractivity contribution >= 4 is 23.3 Å². The maximum absolute atomic E-state index is 12.9. The summed E-state index contributed by atoms with van der Waals surface area (Å²) in [5.74, 6) is 0.537. The Morgan fingerprint density at radius 1 is 1.06 bits per heavy atom. The molecule has 0 spiro atoms. The van der Waals surface area contributed by atoms with Crippen LogP contribution in [0.5, 0.6) is 0 Å². The Hall–Kier alpha value is -3.71. The molecule has 1 saturated carbocycles. The summed E-state index contributed by atoms with van der Waals surface area (Å²) in [6, 6.07) is 17.7. The Morgan fingerprint density at radius 3 is 2.53 bits per heavy atom. The van der Waals surface area contributed by atoms with Crippen molar-refractivity contribution in [3.8, 4) is 11.1 Å². The van der Waals surface area contributed by atoms with Gasteiger partial charge in [0.2, 0.25) is 11.8 Å². The average molecular weight is 486 g/mol. The molecular formula is C29H35N5O2. The van der Waals surface area contributed by atoms with E-state index < -0.39 is 0 Å². The average Bonchev–Trinajstić information content (AvgIpc) is 3.56. The molecule has 36 heavy (non-hydrogen) atoms. The fraction of sp³-hybridized carbons (Fsp3) is 0.345. The number of anilines is 2. The maximum atomic E-state index is 12.9. The first-order chi connectivity index (χ1) is 17.4. The molecule has 1 aromatic heterocycles. The molecule has 1 aliphatic carbocycles. The van der Waals surface area contributed by atoms with E-state index in [4.69, 9.17) is 0 Å². The number of hydrogen-bond donors (Lipinski definition) is 3. The molecule has 1 aliphatic rings. The summed E-state index contributed by atoms with van der Waals surface area (Å²) in [4.78, 5) is 27.0. The maximum Gasteiger partial charge on any atom is 0.248 e. The highest BCUT2D eigenvalue weighted by Crippen LogP contribution is 2.34. The minimum Gasteiger partial charge on any atom is -0.323 e. The first kappa shape index (κ1) is 25.4. The third-order valence-electron chi connectivity index (χ3n) is 6.65. The third-order valence-corrected chi connectivity index (χ3v) is 6.65. The van der Waals surface area contributed by atoms with Crippen LogP contribution in [0.3, 0.4) is 0 Å². The second kappa shape index (κ2) is 11.8. The van der Waals surface area contributed by atoms with Crippen molar-refractivity contribution in [2.24, 2.45) is 0 Å². The Bertz CT molecular complexity index is 1210. The van der Waals surface area contributed by atoms with Crippen LogP contribution in [0.2, 0.25) is 0 Å². The third kappa shape index (κ3) is 6.70. The van der Waals surface area contributed by atoms with Gasteiger partial charge in [-0.1, -0.05) is 55.3 Å². The first-order valence-electron chi connectivity index (χ1n) is 12.6. The Balaban J connectivity index is 1.37. The molecule has 4 rings (SSSR count). The highest BCUT2D eigenvalue weighted by Gasteiger charge is 2.21. The van der Waals surface area contributed by atoms with Crippen molar-refractivity contribution in [3.05, 3.63) is 78.0 Å². The van der Waals surface area contributed by atoms with E-state index in [1.807, 2.05) is 86.6 Å². The van der Waals surface area contributed by atoms with Gasteiger partial charge in [0.05, 0.1) is 5.92 Å². The van der Waals surface area contributed by atoms with E-state index in [-0.39, 0.29) is 17.7 Å². The second-order valence-electron chi connectivity index (χ2n) is 9.76. The van der Waals surface area contributed by atoms with E-state index in [1.54, 1.807) is 6.08 Å². The largest absolute Gasteiger partial charge is 0.323 e. The summed E-state index contributed by atoms with van der Waals surface area (Å²) in [6.07, 6.45) is 8.24. The van der Waals surface area contributed by atoms with E-state index in [0.29, 0.717) is 18.3 Å². The topological polar surface area (TPSA) is 90.1 Å². The molecule has 1 fully saturated rings. The summed E-state index contributed by atoms with van der Waals surface area (Å²) < 4.78 is 0. The Kier molecular flexibility index (Phi) is 8.33. The van der Waals surface area contributed by atoms with Crippen LogP contribution in [0.15, 0.2) is 66.7 Å². The zero-order chi connectivity index (χ0) is 25.5. The number of amides is 2. The lowest BCUT2D eigenvalue weighted by Crippen LogP contribution is -2.19. The number of hydrogen-bond acceptors (Lipinski definition) is 4. The van der Waals surface area contributed by atoms with Crippen LogP contribution in [0.4, 0.5) is 11.5 Å². The van der Waals surface area contributed by atoms with Crippen LogP contribution >= 0.6 is 0 Å². The Morgan fingerprint density at radius 2 is 1.81 bits per heavy atom. The number of nitrogens with one attached hydrogen (secondary N) is 3. The number of H-pyrrole nitrogens is 1. The van der Waals surface area contributed by atoms with Crippen molar-refractivity contribution in [2.75, 3.05) is 31.3 Å². The monoisotopic (exact) mass is 485 g/mol. The van der Waals surface area contributed by atoms with Gasteiger partial charge in [0.15, 0.2) is 5.82 Å². The quantitative estimate of drug-likeness (QED) is 0.348. The van der Waals surface area contributed by atoms with E-state index in [0.717, 1.165) is 28.1 Å². The van der Waals surface area contributed by atoms with Gasteiger partial charge in [-0.15, -0.1) is 0 Å². The molecule has 0 radical (unpaired) electrons. The van der Waals surface area contributed by atoms with Gasteiger partial charge < -0.3 is 15.5 Å². The van der Waals surface area contributed by atoms with Crippen LogP contribution in [-0.4, -0.2) is 47.6 Å². The lowest BCUT2D eigenvalue weighted by atomic mass is 9.95. The lowest BCUT2D eigenvalue weighted by molar-refractivity contribution is -0.117. The van der Waals surface area contributed by atoms with Crippen molar-refractivity contribution < 1.29 is 9.59 Å². The van der Waals surface area contributed by atoms with Gasteiger partial charge in [0, 0.05) is 36.0 Å². The predicted octanol–water partition coefficient (Wildman–Crippen LogP) is 5.53. The summed E-state index contributed by atoms with van der Waals surface area (Å²) in [5, 5.41) is 13.2. The molecule has 0 bridgehead atoms. The van der Waals surface area contributed by atoms with Crippen LogP contribution in [-0.2, 0) is 9.59 Å². The van der Waals surface area contributed by atoms with Gasteiger partial charge in [-0.2, -0.15) is 5.10 Å². The number of carbonyl (C=O) groups is 2. The van der Waals surface area contributed by atoms with E-state index in [1.165, 1.54) is 25.7 Å². The van der Waals surface area contributed by atoms with E-state index in [9.17, 15) is 9.59 Å². The van der Waals surface area contributed by atoms with Crippen LogP contribution < -0.4 is 10.6 Å². The second-order valence-corrected chi connectivity index (χ2v) is 9.76. The highest BCUT2D eigenvalue weighted by atomic mass is 16.2. The van der Waals surface area contributed by atoms with Crippen LogP contribution in [0.1, 0.15) is 55.7 Å². The predicted molar refractivity (Wildman–Crippen MR) is 145 cm³/mol. The fourth-order valence-corrected chi connectivity index (χ4v) is 4.52. The molecule has 7 nitrogen and oxygen atoms in total. The first-order valence-corrected chi connectivity index (χ1v) is 12.6. The summed E-state index contributed by atoms with van der Waals surface area (Å²) >= 11 is 0. The molecule has 3 N–H and O–H groups in total. The zero-order valence-electron chi connectivity index (χ0n) is 21.3. The number of aromatic nitrogens is 2. The minimum absolute atomic E-state index is 0.0861. The van der Waals surface area contributed by atoms with E-state index in [2.05, 4.69) is 20.8 Å². The Labute approximate surface area is 213 Å². The summed E-state index contributed by atoms with van der Waals surface area (Å²) in [5.41, 5.74) is 4.80. The molecule has 2 amide bonds. The van der Waals surface area contributed by atoms with Gasteiger partial charge in [0.25, 0.3) is 0 Å². The molecule has 1 heterocycles. The molecule has 1 atom stereocenters. The standard InChI is InChI=1S/C29H35N5O2/c1-20(29(36)31-27-19-26(32-33-27)22-8-4-5-9-22)23-10-6-11-24(18-23)21-13-15-25(16-14-21)30-28(35)12-7-17-34(2)3/h6-7,10-16,18-20,22H,4-5,8-9,17H2,1-3H3,(H,30,35)(H2,31,32,33,36)/b12-7+. The van der Waals surface area contributed by atoms with Crippen molar-refractivity contribution in [1.29, 1.82) is 0 Å². The molecule has 188 valence electrons. The molecule has 1 unspecified atom stereocenters. The van der Waals surface area contributed by atoms with Gasteiger partial charge in [-0.3, -0.25) is 14.7 Å². The lowest BCUT2D eigenvalue weighted by Gasteiger charge is -2.13. The summed E-state index contributed by atoms with van der Waals surface area (Å²) in [7, 11) is 3.91. The molecule has 3 aromatic rings. The number of benzene rings is 2. The van der Waals surface area contributed by atoms with Gasteiger partial charge >= 0.3 is 0 Å². The van der Waals surface area contributed by atoms with Crippen LogP contribution in [0, 0.1) is 0 Å². The number of aromatic amines is 1. The fourth-order valence-electron chi connectivity index (χ4n) is 4.52. The SMILES string of the molecule is CC(C(=O)Nc1cc(C2CCCC2)[nH]n1)c1cccc(-c2ccc(NC(=O)/C=C/CN(C)C)cc2)c1. The van der Waals surface area contributed by atoms with Gasteiger partial charge in [-0.25, -0.2) is 0 Å². The van der Waals surface area contributed by atoms with Crippen molar-refractivity contribution in [1.82, 2.24) is 15.1 Å². The van der Waals surface area contributed by atoms with Gasteiger partial charge in [-0.05, 0) is 62.7 Å². The zero-order valence-corrected chi connectivity index (χ0v) is 21.3. The van der Waals surface area contributed by atoms with Crippen LogP contribution in [0.25, 0.3) is 11.1 Å². The van der Waals surface area contributed by atoms with Crippen molar-refractivity contribution in [3.63, 3.8) is 0 Å². The number of rotatable bonds is 9. The molecule has 0 aliphatic heterocycles. The molecule has 2 aromatic carbocycles. The van der Waals surface area contributed by atoms with Gasteiger partial charge in [0.1, 0.15) is 0 Å². The number of nitrogens with zero attached hydrogens (tertiary/aromatic N) is 2. The highest BCUT2D eigenvalue weighted by molar-refractivity contribution is 5.99.